The first kappa shape index (κ1) is 17.1. The highest BCUT2D eigenvalue weighted by Gasteiger charge is 2.37. The van der Waals surface area contributed by atoms with Crippen molar-refractivity contribution < 1.29 is 9.53 Å². The highest BCUT2D eigenvalue weighted by atomic mass is 16.6. The van der Waals surface area contributed by atoms with E-state index in [1.807, 2.05) is 39.0 Å². The molecule has 0 fully saturated rings. The summed E-state index contributed by atoms with van der Waals surface area (Å²) in [6, 6.07) is 8.16. The maximum Gasteiger partial charge on any atom is 0.419 e. The van der Waals surface area contributed by atoms with Crippen LogP contribution < -0.4 is 0 Å². The van der Waals surface area contributed by atoms with Crippen LogP contribution in [0.15, 0.2) is 35.9 Å². The van der Waals surface area contributed by atoms with Crippen LogP contribution in [-0.4, -0.2) is 16.3 Å². The van der Waals surface area contributed by atoms with Gasteiger partial charge in [0.15, 0.2) is 0 Å². The van der Waals surface area contributed by atoms with E-state index in [1.165, 1.54) is 22.3 Å². The zero-order chi connectivity index (χ0) is 18.9. The van der Waals surface area contributed by atoms with E-state index in [9.17, 15) is 4.79 Å². The minimum Gasteiger partial charge on any atom is -0.443 e. The Morgan fingerprint density at radius 2 is 1.88 bits per heavy atom. The fourth-order valence-electron chi connectivity index (χ4n) is 4.25. The van der Waals surface area contributed by atoms with E-state index < -0.39 is 5.60 Å². The summed E-state index contributed by atoms with van der Waals surface area (Å²) in [5, 5.41) is 1.13. The maximum atomic E-state index is 13.1. The summed E-state index contributed by atoms with van der Waals surface area (Å²) in [4.78, 5) is 13.1. The molecule has 4 rings (SSSR count). The molecule has 0 saturated heterocycles. The van der Waals surface area contributed by atoms with Gasteiger partial charge in [0.2, 0.25) is 0 Å². The number of carbonyl (C=O) groups excluding carboxylic acids is 1. The number of fused-ring (bicyclic) bond motifs is 5. The summed E-state index contributed by atoms with van der Waals surface area (Å²) in [5.41, 5.74) is 6.70. The Morgan fingerprint density at radius 3 is 2.58 bits per heavy atom. The minimum absolute atomic E-state index is 0.176. The molecule has 0 bridgehead atoms. The predicted octanol–water partition coefficient (Wildman–Crippen LogP) is 6.42. The smallest absolute Gasteiger partial charge is 0.419 e. The molecule has 26 heavy (non-hydrogen) atoms. The van der Waals surface area contributed by atoms with Crippen molar-refractivity contribution in [2.45, 2.75) is 60.0 Å². The van der Waals surface area contributed by atoms with Gasteiger partial charge in [-0.3, -0.25) is 0 Å². The molecule has 0 atom stereocenters. The zero-order valence-electron chi connectivity index (χ0n) is 16.6. The van der Waals surface area contributed by atoms with E-state index in [2.05, 4.69) is 32.9 Å². The lowest BCUT2D eigenvalue weighted by Crippen LogP contribution is -2.27. The number of hydrogen-bond acceptors (Lipinski definition) is 2. The number of rotatable bonds is 0. The second kappa shape index (κ2) is 5.35. The third kappa shape index (κ3) is 2.53. The lowest BCUT2D eigenvalue weighted by molar-refractivity contribution is 0.0543. The molecule has 0 amide bonds. The summed E-state index contributed by atoms with van der Waals surface area (Å²) in [7, 11) is 0. The van der Waals surface area contributed by atoms with Crippen LogP contribution >= 0.6 is 0 Å². The number of allylic oxidation sites excluding steroid dienone is 4. The van der Waals surface area contributed by atoms with Gasteiger partial charge < -0.3 is 4.74 Å². The molecule has 0 aliphatic heterocycles. The molecule has 1 aromatic heterocycles. The molecular weight excluding hydrogens is 322 g/mol. The Balaban J connectivity index is 2.02. The second-order valence-electron chi connectivity index (χ2n) is 9.21. The summed E-state index contributed by atoms with van der Waals surface area (Å²) in [5.74, 6) is 0. The molecular formula is C23H27NO2. The molecule has 0 N–H and O–H groups in total. The van der Waals surface area contributed by atoms with Crippen molar-refractivity contribution in [1.82, 2.24) is 4.57 Å². The molecule has 0 saturated carbocycles. The molecule has 1 aromatic carbocycles. The molecule has 3 nitrogen and oxygen atoms in total. The van der Waals surface area contributed by atoms with Gasteiger partial charge in [0, 0.05) is 10.9 Å². The van der Waals surface area contributed by atoms with Crippen molar-refractivity contribution in [3.63, 3.8) is 0 Å². The number of aromatic nitrogens is 1. The Hall–Kier alpha value is -2.29. The number of para-hydroxylation sites is 1. The molecule has 0 radical (unpaired) electrons. The summed E-state index contributed by atoms with van der Waals surface area (Å²) < 4.78 is 7.52. The highest BCUT2D eigenvalue weighted by Crippen LogP contribution is 2.52. The van der Waals surface area contributed by atoms with Crippen LogP contribution in [-0.2, 0) is 4.74 Å². The lowest BCUT2D eigenvalue weighted by atomic mass is 9.77. The van der Waals surface area contributed by atoms with E-state index in [4.69, 9.17) is 4.74 Å². The van der Waals surface area contributed by atoms with Gasteiger partial charge in [0.1, 0.15) is 5.60 Å². The van der Waals surface area contributed by atoms with E-state index in [-0.39, 0.29) is 11.5 Å². The van der Waals surface area contributed by atoms with Gasteiger partial charge in [0.05, 0.1) is 11.2 Å². The topological polar surface area (TPSA) is 31.2 Å². The van der Waals surface area contributed by atoms with Gasteiger partial charge in [-0.15, -0.1) is 0 Å². The minimum atomic E-state index is -0.525. The standard InChI is InChI=1S/C23H27NO2/c1-14-15-11-12-23(5,6)13-17(15)19-16-9-7-8-10-18(16)24(20(14)19)21(25)26-22(2,3)4/h7-10,13H,11-12H2,1-6H3. The SMILES string of the molecule is CC1=C2CCC(C)(C)C=C2c2c1n(C(=O)OC(C)(C)C)c1ccccc21. The summed E-state index contributed by atoms with van der Waals surface area (Å²) >= 11 is 0. The fraction of sp³-hybridized carbons (Fsp3) is 0.435. The second-order valence-corrected chi connectivity index (χ2v) is 9.21. The first-order valence-electron chi connectivity index (χ1n) is 9.40. The van der Waals surface area contributed by atoms with Crippen LogP contribution in [0.4, 0.5) is 4.79 Å². The molecule has 2 aromatic rings. The van der Waals surface area contributed by atoms with Crippen LogP contribution in [0.1, 0.15) is 65.6 Å². The van der Waals surface area contributed by atoms with Gasteiger partial charge in [-0.25, -0.2) is 9.36 Å². The van der Waals surface area contributed by atoms with E-state index in [0.29, 0.717) is 0 Å². The third-order valence-electron chi connectivity index (χ3n) is 5.41. The van der Waals surface area contributed by atoms with Crippen molar-refractivity contribution in [2.75, 3.05) is 0 Å². The van der Waals surface area contributed by atoms with E-state index in [1.54, 1.807) is 4.57 Å². The number of hydrogen-bond donors (Lipinski definition) is 0. The van der Waals surface area contributed by atoms with Crippen molar-refractivity contribution >= 4 is 28.1 Å². The Bertz CT molecular complexity index is 993. The molecule has 136 valence electrons. The van der Waals surface area contributed by atoms with Crippen molar-refractivity contribution in [1.29, 1.82) is 0 Å². The largest absolute Gasteiger partial charge is 0.443 e. The number of ether oxygens (including phenoxy) is 1. The van der Waals surface area contributed by atoms with Gasteiger partial charge in [0.25, 0.3) is 0 Å². The van der Waals surface area contributed by atoms with Crippen LogP contribution in [0.25, 0.3) is 22.0 Å². The van der Waals surface area contributed by atoms with Crippen molar-refractivity contribution in [3.05, 3.63) is 47.2 Å². The number of nitrogens with zero attached hydrogens (tertiary/aromatic N) is 1. The molecule has 0 spiro atoms. The molecule has 0 unspecified atom stereocenters. The Kier molecular flexibility index (Phi) is 3.53. The average Bonchev–Trinajstić information content (AvgIpc) is 2.99. The summed E-state index contributed by atoms with van der Waals surface area (Å²) in [6.45, 7) is 12.5. The Labute approximate surface area is 155 Å². The number of carbonyl (C=O) groups is 1. The van der Waals surface area contributed by atoms with Gasteiger partial charge >= 0.3 is 6.09 Å². The molecule has 3 heteroatoms. The van der Waals surface area contributed by atoms with Crippen LogP contribution in [0.5, 0.6) is 0 Å². The van der Waals surface area contributed by atoms with Gasteiger partial charge in [-0.05, 0) is 68.7 Å². The summed E-state index contributed by atoms with van der Waals surface area (Å²) in [6.07, 6.45) is 4.29. The maximum absolute atomic E-state index is 13.1. The Morgan fingerprint density at radius 1 is 1.19 bits per heavy atom. The first-order chi connectivity index (χ1) is 12.1. The third-order valence-corrected chi connectivity index (χ3v) is 5.41. The van der Waals surface area contributed by atoms with Crippen LogP contribution in [0, 0.1) is 5.41 Å². The average molecular weight is 349 g/mol. The highest BCUT2D eigenvalue weighted by molar-refractivity contribution is 6.12. The van der Waals surface area contributed by atoms with Crippen molar-refractivity contribution in [3.8, 4) is 0 Å². The van der Waals surface area contributed by atoms with Gasteiger partial charge in [-0.2, -0.15) is 0 Å². The van der Waals surface area contributed by atoms with E-state index >= 15 is 0 Å². The quantitative estimate of drug-likeness (QED) is 0.550. The monoisotopic (exact) mass is 349 g/mol. The van der Waals surface area contributed by atoms with Crippen LogP contribution in [0.2, 0.25) is 0 Å². The fourth-order valence-corrected chi connectivity index (χ4v) is 4.25. The lowest BCUT2D eigenvalue weighted by Gasteiger charge is -2.28. The normalized spacial score (nSPS) is 18.6. The first-order valence-corrected chi connectivity index (χ1v) is 9.40. The number of benzene rings is 1. The van der Waals surface area contributed by atoms with Gasteiger partial charge in [-0.1, -0.05) is 38.1 Å². The molecule has 2 aliphatic carbocycles. The van der Waals surface area contributed by atoms with E-state index in [0.717, 1.165) is 29.4 Å². The predicted molar refractivity (Wildman–Crippen MR) is 107 cm³/mol. The van der Waals surface area contributed by atoms with Crippen LogP contribution in [0.3, 0.4) is 0 Å². The van der Waals surface area contributed by atoms with Crippen molar-refractivity contribution in [2.24, 2.45) is 5.41 Å². The zero-order valence-corrected chi connectivity index (χ0v) is 16.6. The molecule has 2 aliphatic rings. The molecule has 1 heterocycles.